The third-order valence-corrected chi connectivity index (χ3v) is 2.78. The molecule has 0 spiro atoms. The van der Waals surface area contributed by atoms with E-state index in [9.17, 15) is 31.1 Å². The zero-order valence-corrected chi connectivity index (χ0v) is 11.5. The number of carbonyl (C=O) groups is 1. The van der Waals surface area contributed by atoms with Crippen LogP contribution < -0.4 is 4.74 Å². The molecule has 0 atom stereocenters. The van der Waals surface area contributed by atoms with Crippen molar-refractivity contribution in [2.24, 2.45) is 0 Å². The van der Waals surface area contributed by atoms with E-state index in [0.29, 0.717) is 6.07 Å². The minimum atomic E-state index is -5.03. The first kappa shape index (κ1) is 17.6. The molecule has 0 fully saturated rings. The van der Waals surface area contributed by atoms with Crippen LogP contribution >= 0.6 is 0 Å². The Labute approximate surface area is 130 Å². The Morgan fingerprint density at radius 3 is 2.42 bits per heavy atom. The predicted molar refractivity (Wildman–Crippen MR) is 67.6 cm³/mol. The Bertz CT molecular complexity index is 791. The smallest absolute Gasteiger partial charge is 0.481 e. The third-order valence-electron chi connectivity index (χ3n) is 2.78. The maximum absolute atomic E-state index is 14.2. The van der Waals surface area contributed by atoms with Crippen molar-refractivity contribution in [2.45, 2.75) is 12.8 Å². The molecule has 1 aromatic carbocycles. The molecule has 0 bridgehead atoms. The van der Waals surface area contributed by atoms with E-state index in [1.807, 2.05) is 0 Å². The zero-order valence-electron chi connectivity index (χ0n) is 11.5. The van der Waals surface area contributed by atoms with Gasteiger partial charge in [-0.05, 0) is 17.7 Å². The maximum atomic E-state index is 14.2. The van der Waals surface area contributed by atoms with Gasteiger partial charge in [0, 0.05) is 0 Å². The molecule has 1 N–H and O–H groups in total. The first-order valence-corrected chi connectivity index (χ1v) is 6.20. The van der Waals surface area contributed by atoms with Crippen molar-refractivity contribution in [1.29, 1.82) is 0 Å². The van der Waals surface area contributed by atoms with Gasteiger partial charge in [0.25, 0.3) is 0 Å². The molecule has 4 nitrogen and oxygen atoms in total. The highest BCUT2D eigenvalue weighted by Gasteiger charge is 2.31. The molecule has 1 heterocycles. The van der Waals surface area contributed by atoms with Crippen LogP contribution in [0.15, 0.2) is 24.3 Å². The van der Waals surface area contributed by atoms with Gasteiger partial charge in [0.05, 0.1) is 17.7 Å². The van der Waals surface area contributed by atoms with Crippen LogP contribution in [0.2, 0.25) is 0 Å². The second-order valence-corrected chi connectivity index (χ2v) is 4.50. The molecule has 2 aromatic rings. The van der Waals surface area contributed by atoms with E-state index in [1.54, 1.807) is 0 Å². The number of hydrogen-bond acceptors (Lipinski definition) is 3. The standard InChI is InChI=1S/C14H7F6NO3/c15-11-8(5-9(22)23)21-13(17)12(16)10(11)6-2-1-3-7(4-6)24-14(18,19)20/h1-4H,5H2,(H,22,23). The summed E-state index contributed by atoms with van der Waals surface area (Å²) in [6.45, 7) is 0. The largest absolute Gasteiger partial charge is 0.573 e. The van der Waals surface area contributed by atoms with Crippen molar-refractivity contribution in [3.63, 3.8) is 0 Å². The molecule has 128 valence electrons. The minimum Gasteiger partial charge on any atom is -0.481 e. The molecule has 2 rings (SSSR count). The van der Waals surface area contributed by atoms with Crippen molar-refractivity contribution in [3.8, 4) is 16.9 Å². The molecule has 0 saturated carbocycles. The maximum Gasteiger partial charge on any atom is 0.573 e. The first-order valence-electron chi connectivity index (χ1n) is 6.20. The summed E-state index contributed by atoms with van der Waals surface area (Å²) in [5.74, 6) is -7.35. The Morgan fingerprint density at radius 1 is 1.17 bits per heavy atom. The molecule has 0 radical (unpaired) electrons. The lowest BCUT2D eigenvalue weighted by Crippen LogP contribution is -2.17. The normalized spacial score (nSPS) is 11.4. The van der Waals surface area contributed by atoms with Gasteiger partial charge in [-0.15, -0.1) is 13.2 Å². The summed E-state index contributed by atoms with van der Waals surface area (Å²) in [6, 6.07) is 3.53. The van der Waals surface area contributed by atoms with E-state index in [4.69, 9.17) is 5.11 Å². The number of halogens is 6. The molecule has 1 aromatic heterocycles. The van der Waals surface area contributed by atoms with Crippen molar-refractivity contribution in [2.75, 3.05) is 0 Å². The van der Waals surface area contributed by atoms with E-state index in [2.05, 4.69) is 9.72 Å². The number of alkyl halides is 3. The monoisotopic (exact) mass is 351 g/mol. The molecule has 0 aliphatic heterocycles. The summed E-state index contributed by atoms with van der Waals surface area (Å²) in [6.07, 6.45) is -6.07. The molecular weight excluding hydrogens is 344 g/mol. The lowest BCUT2D eigenvalue weighted by molar-refractivity contribution is -0.274. The van der Waals surface area contributed by atoms with Crippen molar-refractivity contribution < 1.29 is 41.0 Å². The summed E-state index contributed by atoms with van der Waals surface area (Å²) in [4.78, 5) is 13.5. The number of benzene rings is 1. The second-order valence-electron chi connectivity index (χ2n) is 4.50. The van der Waals surface area contributed by atoms with Gasteiger partial charge in [-0.3, -0.25) is 4.79 Å². The van der Waals surface area contributed by atoms with E-state index in [0.717, 1.165) is 18.2 Å². The van der Waals surface area contributed by atoms with E-state index < -0.39 is 58.9 Å². The predicted octanol–water partition coefficient (Wildman–Crippen LogP) is 3.69. The minimum absolute atomic E-state index is 0.473. The Morgan fingerprint density at radius 2 is 1.83 bits per heavy atom. The van der Waals surface area contributed by atoms with E-state index in [-0.39, 0.29) is 0 Å². The number of pyridine rings is 1. The van der Waals surface area contributed by atoms with Crippen molar-refractivity contribution >= 4 is 5.97 Å². The van der Waals surface area contributed by atoms with Gasteiger partial charge < -0.3 is 9.84 Å². The van der Waals surface area contributed by atoms with Gasteiger partial charge in [-0.1, -0.05) is 12.1 Å². The summed E-state index contributed by atoms with van der Waals surface area (Å²) < 4.78 is 81.8. The van der Waals surface area contributed by atoms with E-state index >= 15 is 0 Å². The fourth-order valence-electron chi connectivity index (χ4n) is 1.92. The third kappa shape index (κ3) is 3.94. The van der Waals surface area contributed by atoms with Gasteiger partial charge in [-0.2, -0.15) is 4.39 Å². The van der Waals surface area contributed by atoms with Gasteiger partial charge >= 0.3 is 12.3 Å². The number of carboxylic acid groups (broad SMARTS) is 1. The first-order chi connectivity index (χ1) is 11.1. The molecule has 0 saturated heterocycles. The van der Waals surface area contributed by atoms with Gasteiger partial charge in [0.2, 0.25) is 5.95 Å². The number of hydrogen-bond donors (Lipinski definition) is 1. The molecule has 24 heavy (non-hydrogen) atoms. The molecule has 0 unspecified atom stereocenters. The number of nitrogens with zero attached hydrogens (tertiary/aromatic N) is 1. The summed E-state index contributed by atoms with van der Waals surface area (Å²) >= 11 is 0. The molecule has 0 aliphatic carbocycles. The number of rotatable bonds is 4. The molecule has 0 amide bonds. The summed E-state index contributed by atoms with van der Waals surface area (Å²) in [5, 5.41) is 8.62. The quantitative estimate of drug-likeness (QED) is 0.674. The van der Waals surface area contributed by atoms with Crippen LogP contribution in [0.3, 0.4) is 0 Å². The molecular formula is C14H7F6NO3. The number of ether oxygens (including phenoxy) is 1. The van der Waals surface area contributed by atoms with Crippen molar-refractivity contribution in [3.05, 3.63) is 47.5 Å². The lowest BCUT2D eigenvalue weighted by atomic mass is 10.0. The van der Waals surface area contributed by atoms with Crippen LogP contribution in [0.25, 0.3) is 11.1 Å². The number of carboxylic acids is 1. The highest BCUT2D eigenvalue weighted by molar-refractivity contribution is 5.72. The Balaban J connectivity index is 2.57. The van der Waals surface area contributed by atoms with Crippen LogP contribution in [-0.4, -0.2) is 22.4 Å². The highest BCUT2D eigenvalue weighted by Crippen LogP contribution is 2.32. The summed E-state index contributed by atoms with van der Waals surface area (Å²) in [7, 11) is 0. The van der Waals surface area contributed by atoms with Gasteiger partial charge in [0.1, 0.15) is 5.75 Å². The highest BCUT2D eigenvalue weighted by atomic mass is 19.4. The van der Waals surface area contributed by atoms with Crippen LogP contribution in [0.4, 0.5) is 26.3 Å². The zero-order chi connectivity index (χ0) is 18.1. The second kappa shape index (κ2) is 6.38. The number of aromatic nitrogens is 1. The fraction of sp³-hybridized carbons (Fsp3) is 0.143. The molecule has 10 heteroatoms. The van der Waals surface area contributed by atoms with Crippen LogP contribution in [0.5, 0.6) is 5.75 Å². The SMILES string of the molecule is O=C(O)Cc1nc(F)c(F)c(-c2cccc(OC(F)(F)F)c2)c1F. The Hall–Kier alpha value is -2.78. The number of aliphatic carboxylic acids is 1. The van der Waals surface area contributed by atoms with Crippen LogP contribution in [0.1, 0.15) is 5.69 Å². The van der Waals surface area contributed by atoms with Crippen molar-refractivity contribution in [1.82, 2.24) is 4.98 Å². The summed E-state index contributed by atoms with van der Waals surface area (Å²) in [5.41, 5.74) is -2.40. The Kier molecular flexibility index (Phi) is 4.67. The topological polar surface area (TPSA) is 59.4 Å². The van der Waals surface area contributed by atoms with Gasteiger partial charge in [-0.25, -0.2) is 13.8 Å². The van der Waals surface area contributed by atoms with Crippen LogP contribution in [-0.2, 0) is 11.2 Å². The van der Waals surface area contributed by atoms with Crippen LogP contribution in [0, 0.1) is 17.6 Å². The fourth-order valence-corrected chi connectivity index (χ4v) is 1.92. The van der Waals surface area contributed by atoms with Gasteiger partial charge in [0.15, 0.2) is 11.6 Å². The average molecular weight is 351 g/mol. The molecule has 0 aliphatic rings. The average Bonchev–Trinajstić information content (AvgIpc) is 2.43. The lowest BCUT2D eigenvalue weighted by Gasteiger charge is -2.12. The van der Waals surface area contributed by atoms with E-state index in [1.165, 1.54) is 0 Å².